The quantitative estimate of drug-likeness (QED) is 0.496. The minimum absolute atomic E-state index is 0.0248. The van der Waals surface area contributed by atoms with Crippen LogP contribution in [0.4, 0.5) is 0 Å². The van der Waals surface area contributed by atoms with Crippen LogP contribution < -0.4 is 15.7 Å². The van der Waals surface area contributed by atoms with Crippen LogP contribution in [0, 0.1) is 0 Å². The van der Waals surface area contributed by atoms with Crippen LogP contribution in [0.15, 0.2) is 27.4 Å². The highest BCUT2D eigenvalue weighted by Crippen LogP contribution is 2.48. The number of benzene rings is 1. The summed E-state index contributed by atoms with van der Waals surface area (Å²) < 4.78 is 39.7. The topological polar surface area (TPSA) is 101 Å². The summed E-state index contributed by atoms with van der Waals surface area (Å²) in [6, 6.07) is 5.36. The molecule has 0 unspecified atom stereocenters. The summed E-state index contributed by atoms with van der Waals surface area (Å²) in [6.07, 6.45) is 0.958. The molecule has 3 rings (SSSR count). The Bertz CT molecular complexity index is 1030. The number of carbonyl (C=O) groups excluding carboxylic acids is 1. The van der Waals surface area contributed by atoms with Crippen LogP contribution in [0.2, 0.25) is 0 Å². The Morgan fingerprint density at radius 1 is 1.14 bits per heavy atom. The molecule has 0 spiro atoms. The van der Waals surface area contributed by atoms with E-state index in [1.807, 2.05) is 6.07 Å². The third kappa shape index (κ3) is 3.75. The first-order valence-corrected chi connectivity index (χ1v) is 10.8. The van der Waals surface area contributed by atoms with Gasteiger partial charge in [0, 0.05) is 11.1 Å². The molecule has 0 saturated carbocycles. The van der Waals surface area contributed by atoms with Gasteiger partial charge in [-0.25, -0.2) is 9.59 Å². The normalized spacial score (nSPS) is 12.8. The van der Waals surface area contributed by atoms with Gasteiger partial charge in [-0.15, -0.1) is 0 Å². The highest BCUT2D eigenvalue weighted by molar-refractivity contribution is 7.62. The van der Waals surface area contributed by atoms with Crippen molar-refractivity contribution < 1.29 is 32.3 Å². The molecular formula is C20H23O8P. The average molecular weight is 422 g/mol. The predicted octanol–water partition coefficient (Wildman–Crippen LogP) is 3.09. The molecule has 1 aliphatic carbocycles. The molecule has 0 atom stereocenters. The Kier molecular flexibility index (Phi) is 6.27. The second-order valence-electron chi connectivity index (χ2n) is 6.27. The number of ether oxygens (including phenoxy) is 2. The predicted molar refractivity (Wildman–Crippen MR) is 106 cm³/mol. The summed E-state index contributed by atoms with van der Waals surface area (Å²) in [6.45, 7) is 3.29. The second-order valence-corrected chi connectivity index (χ2v) is 8.23. The Labute approximate surface area is 168 Å². The first kappa shape index (κ1) is 21.3. The number of fused-ring (bicyclic) bond motifs is 3. The fourth-order valence-electron chi connectivity index (χ4n) is 3.48. The smallest absolute Gasteiger partial charge is 0.369 e. The molecule has 0 fully saturated rings. The van der Waals surface area contributed by atoms with Crippen LogP contribution in [0.5, 0.6) is 5.75 Å². The molecule has 29 heavy (non-hydrogen) atoms. The van der Waals surface area contributed by atoms with Crippen molar-refractivity contribution in [2.75, 3.05) is 27.4 Å². The number of hydrogen-bond donors (Lipinski definition) is 0. The van der Waals surface area contributed by atoms with Gasteiger partial charge in [0.05, 0.1) is 33.0 Å². The van der Waals surface area contributed by atoms with Crippen molar-refractivity contribution in [2.45, 2.75) is 26.7 Å². The van der Waals surface area contributed by atoms with E-state index in [-0.39, 0.29) is 24.5 Å². The van der Waals surface area contributed by atoms with Crippen LogP contribution >= 0.6 is 7.60 Å². The van der Waals surface area contributed by atoms with Crippen molar-refractivity contribution >= 4 is 18.9 Å². The van der Waals surface area contributed by atoms with E-state index in [1.165, 1.54) is 7.11 Å². The molecule has 9 heteroatoms. The second kappa shape index (κ2) is 8.53. The number of methoxy groups -OCH3 is 2. The van der Waals surface area contributed by atoms with Gasteiger partial charge in [0.2, 0.25) is 0 Å². The first-order chi connectivity index (χ1) is 13.9. The minimum Gasteiger partial charge on any atom is -0.497 e. The standard InChI is InChI=1S/C20H23O8P/c1-5-26-29(23,27-6-2)18-16(19(21)25-4)15-9-7-12-11-13(24-3)8-10-14(12)17(15)28-20(18)22/h8,10-11H,5-7,9H2,1-4H3. The van der Waals surface area contributed by atoms with E-state index in [2.05, 4.69) is 0 Å². The maximum absolute atomic E-state index is 13.4. The summed E-state index contributed by atoms with van der Waals surface area (Å²) in [5.74, 6) is 0.139. The van der Waals surface area contributed by atoms with Crippen molar-refractivity contribution in [1.29, 1.82) is 0 Å². The lowest BCUT2D eigenvalue weighted by Gasteiger charge is -2.24. The Hall–Kier alpha value is -2.41. The van der Waals surface area contributed by atoms with E-state index < -0.39 is 24.5 Å². The van der Waals surface area contributed by atoms with Gasteiger partial charge in [0.25, 0.3) is 0 Å². The molecule has 0 radical (unpaired) electrons. The van der Waals surface area contributed by atoms with Crippen molar-refractivity contribution in [2.24, 2.45) is 0 Å². The molecule has 0 N–H and O–H groups in total. The molecule has 0 bridgehead atoms. The van der Waals surface area contributed by atoms with Gasteiger partial charge in [-0.05, 0) is 50.5 Å². The highest BCUT2D eigenvalue weighted by Gasteiger charge is 2.40. The Morgan fingerprint density at radius 2 is 1.83 bits per heavy atom. The summed E-state index contributed by atoms with van der Waals surface area (Å²) in [5.41, 5.74) is 0.983. The average Bonchev–Trinajstić information content (AvgIpc) is 2.71. The largest absolute Gasteiger partial charge is 0.497 e. The fourth-order valence-corrected chi connectivity index (χ4v) is 5.26. The van der Waals surface area contributed by atoms with Gasteiger partial charge < -0.3 is 22.9 Å². The third-order valence-corrected chi connectivity index (χ3v) is 6.81. The number of esters is 1. The van der Waals surface area contributed by atoms with Gasteiger partial charge in [-0.3, -0.25) is 4.57 Å². The first-order valence-electron chi connectivity index (χ1n) is 9.25. The summed E-state index contributed by atoms with van der Waals surface area (Å²) in [5, 5.41) is -0.413. The monoisotopic (exact) mass is 422 g/mol. The zero-order valence-electron chi connectivity index (χ0n) is 16.8. The van der Waals surface area contributed by atoms with Crippen molar-refractivity contribution in [3.63, 3.8) is 0 Å². The zero-order chi connectivity index (χ0) is 21.2. The van der Waals surface area contributed by atoms with Crippen molar-refractivity contribution in [3.8, 4) is 17.1 Å². The van der Waals surface area contributed by atoms with E-state index >= 15 is 0 Å². The minimum atomic E-state index is -4.08. The SMILES string of the molecule is CCOP(=O)(OCC)c1c(C(=O)OC)c2c(oc1=O)-c1ccc(OC)cc1CC2. The van der Waals surface area contributed by atoms with Crippen LogP contribution in [0.3, 0.4) is 0 Å². The van der Waals surface area contributed by atoms with E-state index in [9.17, 15) is 14.2 Å². The lowest BCUT2D eigenvalue weighted by molar-refractivity contribution is 0.0599. The summed E-state index contributed by atoms with van der Waals surface area (Å²) >= 11 is 0. The van der Waals surface area contributed by atoms with E-state index in [1.54, 1.807) is 33.1 Å². The molecular weight excluding hydrogens is 399 g/mol. The lowest BCUT2D eigenvalue weighted by atomic mass is 9.87. The molecule has 1 aromatic heterocycles. The third-order valence-electron chi connectivity index (χ3n) is 4.66. The van der Waals surface area contributed by atoms with Crippen LogP contribution in [0.1, 0.15) is 35.3 Å². The Morgan fingerprint density at radius 3 is 2.41 bits per heavy atom. The lowest BCUT2D eigenvalue weighted by Crippen LogP contribution is -2.35. The fraction of sp³-hybridized carbons (Fsp3) is 0.400. The maximum atomic E-state index is 13.4. The molecule has 0 saturated heterocycles. The zero-order valence-corrected chi connectivity index (χ0v) is 17.7. The molecule has 0 aliphatic heterocycles. The van der Waals surface area contributed by atoms with E-state index in [4.69, 9.17) is 22.9 Å². The van der Waals surface area contributed by atoms with Gasteiger partial charge in [-0.2, -0.15) is 0 Å². The number of aryl methyl sites for hydroxylation is 1. The summed E-state index contributed by atoms with van der Waals surface area (Å²) in [4.78, 5) is 25.6. The number of rotatable bonds is 7. The molecule has 0 amide bonds. The van der Waals surface area contributed by atoms with Crippen molar-refractivity contribution in [1.82, 2.24) is 0 Å². The molecule has 1 aliphatic rings. The molecule has 1 aromatic carbocycles. The van der Waals surface area contributed by atoms with Crippen LogP contribution in [-0.2, 0) is 31.2 Å². The highest BCUT2D eigenvalue weighted by atomic mass is 31.2. The number of hydrogen-bond acceptors (Lipinski definition) is 8. The van der Waals surface area contributed by atoms with Crippen LogP contribution in [0.25, 0.3) is 11.3 Å². The van der Waals surface area contributed by atoms with Gasteiger partial charge in [-0.1, -0.05) is 0 Å². The molecule has 1 heterocycles. The van der Waals surface area contributed by atoms with E-state index in [0.717, 1.165) is 5.56 Å². The van der Waals surface area contributed by atoms with E-state index in [0.29, 0.717) is 29.7 Å². The van der Waals surface area contributed by atoms with Crippen molar-refractivity contribution in [3.05, 3.63) is 45.3 Å². The molecule has 156 valence electrons. The van der Waals surface area contributed by atoms with Gasteiger partial charge in [0.15, 0.2) is 5.30 Å². The maximum Gasteiger partial charge on any atom is 0.369 e. The van der Waals surface area contributed by atoms with Crippen LogP contribution in [-0.4, -0.2) is 33.4 Å². The molecule has 8 nitrogen and oxygen atoms in total. The van der Waals surface area contributed by atoms with Gasteiger partial charge >= 0.3 is 19.2 Å². The molecule has 2 aromatic rings. The Balaban J connectivity index is 2.33. The summed E-state index contributed by atoms with van der Waals surface area (Å²) in [7, 11) is -1.32. The van der Waals surface area contributed by atoms with Gasteiger partial charge in [0.1, 0.15) is 11.5 Å². The number of carbonyl (C=O) groups is 1.